The fourth-order valence-corrected chi connectivity index (χ4v) is 3.35. The molecule has 0 fully saturated rings. The van der Waals surface area contributed by atoms with E-state index in [1.807, 2.05) is 11.6 Å². The monoisotopic (exact) mass is 302 g/mol. The van der Waals surface area contributed by atoms with Crippen LogP contribution in [0, 0.1) is 0 Å². The lowest BCUT2D eigenvalue weighted by Gasteiger charge is -2.09. The molecule has 5 heteroatoms. The molecule has 2 aromatic heterocycles. The number of nitrogens with zero attached hydrogens (tertiary/aromatic N) is 1. The molecular formula is C10H11BrN2S2. The van der Waals surface area contributed by atoms with Crippen LogP contribution < -0.4 is 5.32 Å². The molecule has 0 aliphatic carbocycles. The average Bonchev–Trinajstić information content (AvgIpc) is 2.85. The molecule has 15 heavy (non-hydrogen) atoms. The molecule has 2 heterocycles. The zero-order chi connectivity index (χ0) is 10.7. The normalized spacial score (nSPS) is 12.9. The van der Waals surface area contributed by atoms with Crippen molar-refractivity contribution in [3.05, 3.63) is 37.4 Å². The SMILES string of the molecule is CC(NCc1sccc1Br)c1nccs1. The van der Waals surface area contributed by atoms with Crippen LogP contribution >= 0.6 is 38.6 Å². The number of thiazole rings is 1. The van der Waals surface area contributed by atoms with Gasteiger partial charge in [-0.25, -0.2) is 4.98 Å². The van der Waals surface area contributed by atoms with E-state index in [2.05, 4.69) is 44.6 Å². The summed E-state index contributed by atoms with van der Waals surface area (Å²) in [5.74, 6) is 0. The lowest BCUT2D eigenvalue weighted by atomic mass is 10.3. The molecule has 2 aromatic rings. The van der Waals surface area contributed by atoms with Crippen molar-refractivity contribution in [2.75, 3.05) is 0 Å². The predicted molar refractivity (Wildman–Crippen MR) is 69.4 cm³/mol. The minimum absolute atomic E-state index is 0.319. The van der Waals surface area contributed by atoms with E-state index in [0.29, 0.717) is 6.04 Å². The van der Waals surface area contributed by atoms with Gasteiger partial charge in [-0.2, -0.15) is 0 Å². The molecule has 0 radical (unpaired) electrons. The summed E-state index contributed by atoms with van der Waals surface area (Å²) in [7, 11) is 0. The van der Waals surface area contributed by atoms with Crippen molar-refractivity contribution in [1.82, 2.24) is 10.3 Å². The van der Waals surface area contributed by atoms with Crippen molar-refractivity contribution >= 4 is 38.6 Å². The van der Waals surface area contributed by atoms with Gasteiger partial charge in [0.15, 0.2) is 0 Å². The molecule has 0 saturated heterocycles. The maximum Gasteiger partial charge on any atom is 0.109 e. The first-order chi connectivity index (χ1) is 7.27. The van der Waals surface area contributed by atoms with E-state index in [-0.39, 0.29) is 0 Å². The van der Waals surface area contributed by atoms with Crippen molar-refractivity contribution in [2.24, 2.45) is 0 Å². The van der Waals surface area contributed by atoms with Gasteiger partial charge >= 0.3 is 0 Å². The smallest absolute Gasteiger partial charge is 0.109 e. The molecule has 0 aliphatic heterocycles. The summed E-state index contributed by atoms with van der Waals surface area (Å²) in [6.45, 7) is 3.03. The number of nitrogens with one attached hydrogen (secondary N) is 1. The van der Waals surface area contributed by atoms with E-state index in [1.165, 1.54) is 9.35 Å². The Morgan fingerprint density at radius 1 is 1.47 bits per heavy atom. The Morgan fingerprint density at radius 2 is 2.33 bits per heavy atom. The highest BCUT2D eigenvalue weighted by atomic mass is 79.9. The van der Waals surface area contributed by atoms with Crippen LogP contribution in [-0.2, 0) is 6.54 Å². The lowest BCUT2D eigenvalue weighted by molar-refractivity contribution is 0.575. The van der Waals surface area contributed by atoms with Gasteiger partial charge in [0.25, 0.3) is 0 Å². The topological polar surface area (TPSA) is 24.9 Å². The summed E-state index contributed by atoms with van der Waals surface area (Å²) in [6.07, 6.45) is 1.85. The minimum Gasteiger partial charge on any atom is -0.303 e. The van der Waals surface area contributed by atoms with Crippen molar-refractivity contribution in [3.63, 3.8) is 0 Å². The molecule has 2 nitrogen and oxygen atoms in total. The van der Waals surface area contributed by atoms with Gasteiger partial charge in [0.05, 0.1) is 6.04 Å². The highest BCUT2D eigenvalue weighted by Gasteiger charge is 2.08. The molecule has 0 saturated carbocycles. The molecule has 1 atom stereocenters. The molecular weight excluding hydrogens is 292 g/mol. The van der Waals surface area contributed by atoms with Gasteiger partial charge in [-0.15, -0.1) is 22.7 Å². The van der Waals surface area contributed by atoms with Crippen LogP contribution in [0.1, 0.15) is 22.9 Å². The molecule has 1 N–H and O–H groups in total. The van der Waals surface area contributed by atoms with Gasteiger partial charge in [0.2, 0.25) is 0 Å². The number of hydrogen-bond donors (Lipinski definition) is 1. The van der Waals surface area contributed by atoms with Gasteiger partial charge in [0, 0.05) is 27.5 Å². The van der Waals surface area contributed by atoms with Gasteiger partial charge in [-0.1, -0.05) is 0 Å². The van der Waals surface area contributed by atoms with Gasteiger partial charge in [-0.3, -0.25) is 0 Å². The van der Waals surface area contributed by atoms with Crippen LogP contribution in [0.15, 0.2) is 27.5 Å². The van der Waals surface area contributed by atoms with E-state index in [1.54, 1.807) is 22.7 Å². The van der Waals surface area contributed by atoms with Crippen LogP contribution in [0.2, 0.25) is 0 Å². The Labute approximate surface area is 106 Å². The first kappa shape index (κ1) is 11.3. The summed E-state index contributed by atoms with van der Waals surface area (Å²) in [6, 6.07) is 2.40. The summed E-state index contributed by atoms with van der Waals surface area (Å²) in [4.78, 5) is 5.62. The van der Waals surface area contributed by atoms with Gasteiger partial charge in [0.1, 0.15) is 5.01 Å². The maximum atomic E-state index is 4.29. The first-order valence-corrected chi connectivity index (χ1v) is 7.17. The fourth-order valence-electron chi connectivity index (χ4n) is 1.23. The Bertz CT molecular complexity index is 411. The second-order valence-corrected chi connectivity index (χ2v) is 5.95. The van der Waals surface area contributed by atoms with E-state index in [9.17, 15) is 0 Å². The summed E-state index contributed by atoms with van der Waals surface area (Å²) >= 11 is 6.98. The highest BCUT2D eigenvalue weighted by Crippen LogP contribution is 2.23. The first-order valence-electron chi connectivity index (χ1n) is 4.62. The number of rotatable bonds is 4. The van der Waals surface area contributed by atoms with Crippen molar-refractivity contribution in [3.8, 4) is 0 Å². The Hall–Kier alpha value is -0.230. The third-order valence-electron chi connectivity index (χ3n) is 2.08. The van der Waals surface area contributed by atoms with E-state index in [4.69, 9.17) is 0 Å². The largest absolute Gasteiger partial charge is 0.303 e. The Balaban J connectivity index is 1.91. The lowest BCUT2D eigenvalue weighted by Crippen LogP contribution is -2.17. The molecule has 0 amide bonds. The van der Waals surface area contributed by atoms with Gasteiger partial charge < -0.3 is 5.32 Å². The third-order valence-corrected chi connectivity index (χ3v) is 4.97. The van der Waals surface area contributed by atoms with Crippen LogP contribution in [-0.4, -0.2) is 4.98 Å². The van der Waals surface area contributed by atoms with E-state index >= 15 is 0 Å². The van der Waals surface area contributed by atoms with Crippen LogP contribution in [0.3, 0.4) is 0 Å². The minimum atomic E-state index is 0.319. The van der Waals surface area contributed by atoms with E-state index in [0.717, 1.165) is 11.6 Å². The predicted octanol–water partition coefficient (Wildman–Crippen LogP) is 3.82. The quantitative estimate of drug-likeness (QED) is 0.929. The number of thiophene rings is 1. The molecule has 0 spiro atoms. The van der Waals surface area contributed by atoms with Crippen LogP contribution in [0.25, 0.3) is 0 Å². The highest BCUT2D eigenvalue weighted by molar-refractivity contribution is 9.10. The Morgan fingerprint density at radius 3 is 2.93 bits per heavy atom. The van der Waals surface area contributed by atoms with Crippen molar-refractivity contribution < 1.29 is 0 Å². The number of aromatic nitrogens is 1. The molecule has 0 bridgehead atoms. The molecule has 0 aromatic carbocycles. The van der Waals surface area contributed by atoms with Crippen LogP contribution in [0.5, 0.6) is 0 Å². The second kappa shape index (κ2) is 5.21. The average molecular weight is 303 g/mol. The molecule has 2 rings (SSSR count). The van der Waals surface area contributed by atoms with E-state index < -0.39 is 0 Å². The third kappa shape index (κ3) is 2.87. The second-order valence-electron chi connectivity index (χ2n) is 3.16. The summed E-state index contributed by atoms with van der Waals surface area (Å²) < 4.78 is 1.19. The molecule has 0 aliphatic rings. The zero-order valence-corrected chi connectivity index (χ0v) is 11.5. The number of halogens is 1. The standard InChI is InChI=1S/C10H11BrN2S2/c1-7(10-12-3-5-15-10)13-6-9-8(11)2-4-14-9/h2-5,7,13H,6H2,1H3. The Kier molecular flexibility index (Phi) is 3.91. The summed E-state index contributed by atoms with van der Waals surface area (Å²) in [5.41, 5.74) is 0. The van der Waals surface area contributed by atoms with Crippen LogP contribution in [0.4, 0.5) is 0 Å². The molecule has 80 valence electrons. The maximum absolute atomic E-state index is 4.29. The van der Waals surface area contributed by atoms with Gasteiger partial charge in [-0.05, 0) is 34.3 Å². The van der Waals surface area contributed by atoms with Crippen molar-refractivity contribution in [1.29, 1.82) is 0 Å². The molecule has 1 unspecified atom stereocenters. The number of hydrogen-bond acceptors (Lipinski definition) is 4. The summed E-state index contributed by atoms with van der Waals surface area (Å²) in [5, 5.41) is 8.70. The zero-order valence-electron chi connectivity index (χ0n) is 8.24. The van der Waals surface area contributed by atoms with Crippen molar-refractivity contribution in [2.45, 2.75) is 19.5 Å². The fraction of sp³-hybridized carbons (Fsp3) is 0.300.